The highest BCUT2D eigenvalue weighted by atomic mass is 19.2. The second-order valence-electron chi connectivity index (χ2n) is 4.67. The van der Waals surface area contributed by atoms with Crippen molar-refractivity contribution in [2.75, 3.05) is 5.32 Å². The van der Waals surface area contributed by atoms with Crippen molar-refractivity contribution in [3.63, 3.8) is 0 Å². The van der Waals surface area contributed by atoms with Gasteiger partial charge < -0.3 is 10.4 Å². The van der Waals surface area contributed by atoms with E-state index >= 15 is 0 Å². The molecule has 18 heavy (non-hydrogen) atoms. The summed E-state index contributed by atoms with van der Waals surface area (Å²) in [5.41, 5.74) is 0.491. The van der Waals surface area contributed by atoms with Gasteiger partial charge in [-0.2, -0.15) is 0 Å². The van der Waals surface area contributed by atoms with Crippen molar-refractivity contribution >= 4 is 11.7 Å². The average Bonchev–Trinajstić information content (AvgIpc) is 2.34. The summed E-state index contributed by atoms with van der Waals surface area (Å²) in [5, 5.41) is 12.0. The van der Waals surface area contributed by atoms with Gasteiger partial charge >= 0.3 is 5.97 Å². The van der Waals surface area contributed by atoms with Crippen molar-refractivity contribution in [2.45, 2.75) is 31.7 Å². The molecule has 0 spiro atoms. The number of carboxylic acids is 1. The van der Waals surface area contributed by atoms with Crippen LogP contribution in [0.15, 0.2) is 18.2 Å². The molecule has 0 aromatic heterocycles. The maximum Gasteiger partial charge on any atom is 0.306 e. The van der Waals surface area contributed by atoms with Gasteiger partial charge in [-0.15, -0.1) is 0 Å². The van der Waals surface area contributed by atoms with E-state index < -0.39 is 17.6 Å². The second-order valence-corrected chi connectivity index (χ2v) is 4.67. The van der Waals surface area contributed by atoms with E-state index in [1.807, 2.05) is 0 Å². The molecular weight excluding hydrogens is 240 g/mol. The SMILES string of the molecule is O=C(O)C1CCCC(Nc2ccc(F)c(F)c2)C1. The Bertz CT molecular complexity index is 451. The highest BCUT2D eigenvalue weighted by Gasteiger charge is 2.26. The number of halogens is 2. The molecule has 2 atom stereocenters. The molecule has 5 heteroatoms. The lowest BCUT2D eigenvalue weighted by molar-refractivity contribution is -0.142. The quantitative estimate of drug-likeness (QED) is 0.872. The largest absolute Gasteiger partial charge is 0.481 e. The van der Waals surface area contributed by atoms with Crippen LogP contribution in [0.1, 0.15) is 25.7 Å². The van der Waals surface area contributed by atoms with E-state index in [2.05, 4.69) is 5.32 Å². The summed E-state index contributed by atoms with van der Waals surface area (Å²) in [4.78, 5) is 10.9. The first kappa shape index (κ1) is 12.8. The Balaban J connectivity index is 2.00. The molecule has 2 rings (SSSR count). The van der Waals surface area contributed by atoms with Crippen LogP contribution in [0.2, 0.25) is 0 Å². The van der Waals surface area contributed by atoms with Crippen molar-refractivity contribution < 1.29 is 18.7 Å². The highest BCUT2D eigenvalue weighted by Crippen LogP contribution is 2.27. The minimum Gasteiger partial charge on any atom is -0.481 e. The summed E-state index contributed by atoms with van der Waals surface area (Å²) < 4.78 is 25.8. The normalized spacial score (nSPS) is 23.7. The number of hydrogen-bond acceptors (Lipinski definition) is 2. The van der Waals surface area contributed by atoms with Crippen LogP contribution in [-0.2, 0) is 4.79 Å². The topological polar surface area (TPSA) is 49.3 Å². The Labute approximate surface area is 104 Å². The van der Waals surface area contributed by atoms with Gasteiger partial charge in [0.15, 0.2) is 11.6 Å². The van der Waals surface area contributed by atoms with E-state index in [1.165, 1.54) is 6.07 Å². The molecule has 3 nitrogen and oxygen atoms in total. The first-order valence-corrected chi connectivity index (χ1v) is 6.00. The predicted molar refractivity (Wildman–Crippen MR) is 63.4 cm³/mol. The summed E-state index contributed by atoms with van der Waals surface area (Å²) in [7, 11) is 0. The Kier molecular flexibility index (Phi) is 3.79. The molecule has 1 saturated carbocycles. The molecule has 0 bridgehead atoms. The predicted octanol–water partition coefficient (Wildman–Crippen LogP) is 3.02. The van der Waals surface area contributed by atoms with Crippen LogP contribution in [0.5, 0.6) is 0 Å². The number of anilines is 1. The fourth-order valence-corrected chi connectivity index (χ4v) is 2.37. The van der Waals surface area contributed by atoms with E-state index in [0.717, 1.165) is 25.0 Å². The lowest BCUT2D eigenvalue weighted by Gasteiger charge is -2.28. The van der Waals surface area contributed by atoms with Gasteiger partial charge in [0, 0.05) is 17.8 Å². The Morgan fingerprint density at radius 1 is 1.28 bits per heavy atom. The van der Waals surface area contributed by atoms with Crippen LogP contribution >= 0.6 is 0 Å². The van der Waals surface area contributed by atoms with Gasteiger partial charge in [0.2, 0.25) is 0 Å². The molecule has 1 aliphatic rings. The zero-order chi connectivity index (χ0) is 13.1. The number of hydrogen-bond donors (Lipinski definition) is 2. The molecule has 2 N–H and O–H groups in total. The molecule has 1 fully saturated rings. The van der Waals surface area contributed by atoms with Crippen LogP contribution in [0.4, 0.5) is 14.5 Å². The third-order valence-corrected chi connectivity index (χ3v) is 3.31. The maximum absolute atomic E-state index is 13.0. The molecule has 0 heterocycles. The lowest BCUT2D eigenvalue weighted by atomic mass is 9.85. The average molecular weight is 255 g/mol. The number of nitrogens with one attached hydrogen (secondary N) is 1. The zero-order valence-corrected chi connectivity index (χ0v) is 9.83. The van der Waals surface area contributed by atoms with Gasteiger partial charge in [-0.05, 0) is 31.4 Å². The van der Waals surface area contributed by atoms with E-state index in [1.54, 1.807) is 0 Å². The third-order valence-electron chi connectivity index (χ3n) is 3.31. The van der Waals surface area contributed by atoms with Crippen LogP contribution in [0, 0.1) is 17.6 Å². The van der Waals surface area contributed by atoms with Crippen LogP contribution in [0.3, 0.4) is 0 Å². The zero-order valence-electron chi connectivity index (χ0n) is 9.83. The van der Waals surface area contributed by atoms with E-state index in [-0.39, 0.29) is 12.0 Å². The molecule has 0 radical (unpaired) electrons. The van der Waals surface area contributed by atoms with Gasteiger partial charge in [0.1, 0.15) is 0 Å². The molecule has 0 amide bonds. The highest BCUT2D eigenvalue weighted by molar-refractivity contribution is 5.70. The maximum atomic E-state index is 13.0. The summed E-state index contributed by atoms with van der Waals surface area (Å²) >= 11 is 0. The first-order valence-electron chi connectivity index (χ1n) is 6.00. The van der Waals surface area contributed by atoms with E-state index in [9.17, 15) is 13.6 Å². The summed E-state index contributed by atoms with van der Waals surface area (Å²) in [5.74, 6) is -2.91. The molecule has 1 aromatic carbocycles. The van der Waals surface area contributed by atoms with Crippen LogP contribution in [0.25, 0.3) is 0 Å². The molecular formula is C13H15F2NO2. The molecule has 98 valence electrons. The fraction of sp³-hybridized carbons (Fsp3) is 0.462. The van der Waals surface area contributed by atoms with Gasteiger partial charge in [-0.3, -0.25) is 4.79 Å². The first-order chi connectivity index (χ1) is 8.56. The van der Waals surface area contributed by atoms with Gasteiger partial charge in [-0.25, -0.2) is 8.78 Å². The Morgan fingerprint density at radius 3 is 2.72 bits per heavy atom. The monoisotopic (exact) mass is 255 g/mol. The van der Waals surface area contributed by atoms with Crippen molar-refractivity contribution in [3.05, 3.63) is 29.8 Å². The fourth-order valence-electron chi connectivity index (χ4n) is 2.37. The Hall–Kier alpha value is -1.65. The van der Waals surface area contributed by atoms with Crippen molar-refractivity contribution in [1.82, 2.24) is 0 Å². The standard InChI is InChI=1S/C13H15F2NO2/c14-11-5-4-10(7-12(11)15)16-9-3-1-2-8(6-9)13(17)18/h4-5,7-9,16H,1-3,6H2,(H,17,18). The molecule has 0 saturated heterocycles. The van der Waals surface area contributed by atoms with Crippen molar-refractivity contribution in [2.24, 2.45) is 5.92 Å². The van der Waals surface area contributed by atoms with Crippen LogP contribution < -0.4 is 5.32 Å². The summed E-state index contributed by atoms with van der Waals surface area (Å²) in [6, 6.07) is 3.63. The Morgan fingerprint density at radius 2 is 2.06 bits per heavy atom. The van der Waals surface area contributed by atoms with E-state index in [0.29, 0.717) is 18.5 Å². The number of benzene rings is 1. The van der Waals surface area contributed by atoms with Gasteiger partial charge in [0.05, 0.1) is 5.92 Å². The smallest absolute Gasteiger partial charge is 0.306 e. The second kappa shape index (κ2) is 5.33. The minimum atomic E-state index is -0.898. The van der Waals surface area contributed by atoms with E-state index in [4.69, 9.17) is 5.11 Å². The number of aliphatic carboxylic acids is 1. The molecule has 1 aromatic rings. The molecule has 1 aliphatic carbocycles. The van der Waals surface area contributed by atoms with Gasteiger partial charge in [-0.1, -0.05) is 6.42 Å². The number of carboxylic acid groups (broad SMARTS) is 1. The minimum absolute atomic E-state index is 0.00436. The number of rotatable bonds is 3. The van der Waals surface area contributed by atoms with Gasteiger partial charge in [0.25, 0.3) is 0 Å². The molecule has 0 aliphatic heterocycles. The molecule has 2 unspecified atom stereocenters. The third kappa shape index (κ3) is 2.97. The van der Waals surface area contributed by atoms with Crippen molar-refractivity contribution in [1.29, 1.82) is 0 Å². The summed E-state index contributed by atoms with van der Waals surface area (Å²) in [6.45, 7) is 0. The lowest BCUT2D eigenvalue weighted by Crippen LogP contribution is -2.30. The summed E-state index contributed by atoms with van der Waals surface area (Å²) in [6.07, 6.45) is 2.89. The van der Waals surface area contributed by atoms with Crippen LogP contribution in [-0.4, -0.2) is 17.1 Å². The number of carbonyl (C=O) groups is 1. The van der Waals surface area contributed by atoms with Crippen molar-refractivity contribution in [3.8, 4) is 0 Å².